The molecule has 1 saturated carbocycles. The molecule has 1 aliphatic rings. The predicted molar refractivity (Wildman–Crippen MR) is 59.6 cm³/mol. The highest BCUT2D eigenvalue weighted by atomic mass is 79.9. The number of hydrogen-bond donors (Lipinski definition) is 1. The lowest BCUT2D eigenvalue weighted by molar-refractivity contribution is -0.138. The Labute approximate surface area is 104 Å². The van der Waals surface area contributed by atoms with E-state index in [1.807, 2.05) is 0 Å². The molecule has 1 amide bonds. The summed E-state index contributed by atoms with van der Waals surface area (Å²) < 4.78 is 38.5. The molecule has 1 fully saturated rings. The van der Waals surface area contributed by atoms with Crippen molar-refractivity contribution in [3.8, 4) is 0 Å². The van der Waals surface area contributed by atoms with E-state index in [0.29, 0.717) is 4.47 Å². The van der Waals surface area contributed by atoms with Crippen LogP contribution >= 0.6 is 15.9 Å². The molecule has 2 rings (SSSR count). The smallest absolute Gasteiger partial charge is 0.349 e. The molecule has 0 unspecified atom stereocenters. The Morgan fingerprint density at radius 2 is 2.00 bits per heavy atom. The van der Waals surface area contributed by atoms with Gasteiger partial charge in [0.05, 0.1) is 11.1 Å². The van der Waals surface area contributed by atoms with Gasteiger partial charge in [-0.05, 0) is 31.0 Å². The molecule has 0 bridgehead atoms. The Hall–Kier alpha value is -1.04. The highest BCUT2D eigenvalue weighted by molar-refractivity contribution is 9.10. The van der Waals surface area contributed by atoms with E-state index in [0.717, 1.165) is 18.9 Å². The average molecular weight is 308 g/mol. The van der Waals surface area contributed by atoms with Gasteiger partial charge in [0.1, 0.15) is 0 Å². The van der Waals surface area contributed by atoms with Gasteiger partial charge in [-0.3, -0.25) is 4.79 Å². The maximum absolute atomic E-state index is 12.7. The largest absolute Gasteiger partial charge is 0.417 e. The average Bonchev–Trinajstić information content (AvgIpc) is 3.00. The molecule has 0 spiro atoms. The van der Waals surface area contributed by atoms with Crippen molar-refractivity contribution < 1.29 is 18.0 Å². The third-order valence-electron chi connectivity index (χ3n) is 2.44. The number of nitrogens with one attached hydrogen (secondary N) is 1. The molecule has 0 heterocycles. The fraction of sp³-hybridized carbons (Fsp3) is 0.364. The zero-order chi connectivity index (χ0) is 12.6. The predicted octanol–water partition coefficient (Wildman–Crippen LogP) is 3.36. The van der Waals surface area contributed by atoms with E-state index in [2.05, 4.69) is 21.2 Å². The van der Waals surface area contributed by atoms with Gasteiger partial charge in [-0.2, -0.15) is 13.2 Å². The molecule has 17 heavy (non-hydrogen) atoms. The molecular formula is C11H9BrF3NO. The molecule has 6 heteroatoms. The van der Waals surface area contributed by atoms with E-state index in [1.54, 1.807) is 0 Å². The minimum Gasteiger partial charge on any atom is -0.349 e. The van der Waals surface area contributed by atoms with E-state index >= 15 is 0 Å². The number of rotatable bonds is 2. The molecule has 1 aromatic rings. The first-order chi connectivity index (χ1) is 7.88. The summed E-state index contributed by atoms with van der Waals surface area (Å²) in [5.41, 5.74) is -1.24. The summed E-state index contributed by atoms with van der Waals surface area (Å²) in [5, 5.41) is 2.55. The van der Waals surface area contributed by atoms with Crippen molar-refractivity contribution in [1.29, 1.82) is 0 Å². The van der Waals surface area contributed by atoms with Crippen LogP contribution in [0.5, 0.6) is 0 Å². The summed E-state index contributed by atoms with van der Waals surface area (Å²) in [4.78, 5) is 11.6. The van der Waals surface area contributed by atoms with Crippen LogP contribution in [0.25, 0.3) is 0 Å². The number of carbonyl (C=O) groups is 1. The van der Waals surface area contributed by atoms with Crippen molar-refractivity contribution in [3.63, 3.8) is 0 Å². The molecule has 0 atom stereocenters. The molecule has 1 N–H and O–H groups in total. The molecule has 1 aliphatic carbocycles. The van der Waals surface area contributed by atoms with Crippen LogP contribution in [-0.4, -0.2) is 11.9 Å². The van der Waals surface area contributed by atoms with Gasteiger partial charge in [0.15, 0.2) is 0 Å². The Bertz CT molecular complexity index is 455. The number of alkyl halides is 3. The third kappa shape index (κ3) is 3.00. The second-order valence-electron chi connectivity index (χ2n) is 3.94. The molecule has 92 valence electrons. The monoisotopic (exact) mass is 307 g/mol. The number of carbonyl (C=O) groups excluding carboxylic acids is 1. The summed E-state index contributed by atoms with van der Waals surface area (Å²) in [6, 6.07) is 3.57. The molecule has 0 saturated heterocycles. The zero-order valence-electron chi connectivity index (χ0n) is 8.64. The third-order valence-corrected chi connectivity index (χ3v) is 2.94. The zero-order valence-corrected chi connectivity index (χ0v) is 10.2. The SMILES string of the molecule is O=C(NC1CC1)c1ccc(Br)cc1C(F)(F)F. The van der Waals surface area contributed by atoms with Crippen LogP contribution < -0.4 is 5.32 Å². The van der Waals surface area contributed by atoms with Gasteiger partial charge in [-0.1, -0.05) is 15.9 Å². The number of hydrogen-bond acceptors (Lipinski definition) is 1. The van der Waals surface area contributed by atoms with Crippen LogP contribution in [0, 0.1) is 0 Å². The number of amides is 1. The van der Waals surface area contributed by atoms with E-state index in [9.17, 15) is 18.0 Å². The standard InChI is InChI=1S/C11H9BrF3NO/c12-6-1-4-8(9(5-6)11(13,14)15)10(17)16-7-2-3-7/h1,4-5,7H,2-3H2,(H,16,17). The van der Waals surface area contributed by atoms with Gasteiger partial charge in [-0.15, -0.1) is 0 Å². The van der Waals surface area contributed by atoms with Gasteiger partial charge in [0, 0.05) is 10.5 Å². The Morgan fingerprint density at radius 3 is 2.53 bits per heavy atom. The molecule has 0 aromatic heterocycles. The maximum Gasteiger partial charge on any atom is 0.417 e. The highest BCUT2D eigenvalue weighted by Crippen LogP contribution is 2.34. The summed E-state index contributed by atoms with van der Waals surface area (Å²) in [6.45, 7) is 0. The van der Waals surface area contributed by atoms with Crippen LogP contribution in [-0.2, 0) is 6.18 Å². The Morgan fingerprint density at radius 1 is 1.35 bits per heavy atom. The van der Waals surface area contributed by atoms with Crippen LogP contribution in [0.3, 0.4) is 0 Å². The lowest BCUT2D eigenvalue weighted by Crippen LogP contribution is -2.28. The summed E-state index contributed by atoms with van der Waals surface area (Å²) in [7, 11) is 0. The lowest BCUT2D eigenvalue weighted by atomic mass is 10.1. The fourth-order valence-electron chi connectivity index (χ4n) is 1.44. The van der Waals surface area contributed by atoms with E-state index < -0.39 is 17.6 Å². The normalized spacial score (nSPS) is 15.8. The Balaban J connectivity index is 2.34. The first-order valence-corrected chi connectivity index (χ1v) is 5.85. The van der Waals surface area contributed by atoms with Gasteiger partial charge in [-0.25, -0.2) is 0 Å². The first-order valence-electron chi connectivity index (χ1n) is 5.05. The highest BCUT2D eigenvalue weighted by Gasteiger charge is 2.36. The quantitative estimate of drug-likeness (QED) is 0.892. The molecular weight excluding hydrogens is 299 g/mol. The summed E-state index contributed by atoms with van der Waals surface area (Å²) in [6.07, 6.45) is -2.85. The van der Waals surface area contributed by atoms with Crippen molar-refractivity contribution in [2.45, 2.75) is 25.1 Å². The van der Waals surface area contributed by atoms with Crippen LogP contribution in [0.4, 0.5) is 13.2 Å². The Kier molecular flexibility index (Phi) is 3.16. The van der Waals surface area contributed by atoms with Crippen molar-refractivity contribution in [2.75, 3.05) is 0 Å². The molecule has 0 aliphatic heterocycles. The van der Waals surface area contributed by atoms with E-state index in [1.165, 1.54) is 12.1 Å². The minimum atomic E-state index is -4.53. The first kappa shape index (κ1) is 12.4. The number of benzene rings is 1. The van der Waals surface area contributed by atoms with Gasteiger partial charge < -0.3 is 5.32 Å². The van der Waals surface area contributed by atoms with Crippen LogP contribution in [0.2, 0.25) is 0 Å². The molecule has 2 nitrogen and oxygen atoms in total. The van der Waals surface area contributed by atoms with Gasteiger partial charge in [0.2, 0.25) is 0 Å². The number of halogens is 4. The maximum atomic E-state index is 12.7. The molecule has 0 radical (unpaired) electrons. The summed E-state index contributed by atoms with van der Waals surface area (Å²) in [5.74, 6) is -0.660. The van der Waals surface area contributed by atoms with E-state index in [-0.39, 0.29) is 11.6 Å². The summed E-state index contributed by atoms with van der Waals surface area (Å²) >= 11 is 2.97. The van der Waals surface area contributed by atoms with Crippen molar-refractivity contribution in [3.05, 3.63) is 33.8 Å². The molecule has 1 aromatic carbocycles. The van der Waals surface area contributed by atoms with Crippen LogP contribution in [0.15, 0.2) is 22.7 Å². The minimum absolute atomic E-state index is 0.0345. The van der Waals surface area contributed by atoms with Crippen LogP contribution in [0.1, 0.15) is 28.8 Å². The fourth-order valence-corrected chi connectivity index (χ4v) is 1.80. The second-order valence-corrected chi connectivity index (χ2v) is 4.85. The second kappa shape index (κ2) is 4.33. The van der Waals surface area contributed by atoms with Gasteiger partial charge in [0.25, 0.3) is 5.91 Å². The van der Waals surface area contributed by atoms with E-state index in [4.69, 9.17) is 0 Å². The topological polar surface area (TPSA) is 29.1 Å². The van der Waals surface area contributed by atoms with Gasteiger partial charge >= 0.3 is 6.18 Å². The van der Waals surface area contributed by atoms with Crippen molar-refractivity contribution in [2.24, 2.45) is 0 Å². The lowest BCUT2D eigenvalue weighted by Gasteiger charge is -2.13. The van der Waals surface area contributed by atoms with Crippen molar-refractivity contribution >= 4 is 21.8 Å². The van der Waals surface area contributed by atoms with Crippen molar-refractivity contribution in [1.82, 2.24) is 5.32 Å².